The summed E-state index contributed by atoms with van der Waals surface area (Å²) < 4.78 is 13.9. The Morgan fingerprint density at radius 1 is 1.20 bits per heavy atom. The molecule has 0 aliphatic rings. The van der Waals surface area contributed by atoms with E-state index in [0.29, 0.717) is 11.3 Å². The molecule has 0 bridgehead atoms. The molecule has 4 N–H and O–H groups in total. The first kappa shape index (κ1) is 18.4. The molecule has 4 amide bonds. The highest BCUT2D eigenvalue weighted by atomic mass is 32.1. The molecule has 2 rings (SSSR count). The molecule has 0 fully saturated rings. The van der Waals surface area contributed by atoms with E-state index >= 15 is 0 Å². The van der Waals surface area contributed by atoms with Crippen LogP contribution < -0.4 is 21.3 Å². The third kappa shape index (κ3) is 5.01. The van der Waals surface area contributed by atoms with Crippen molar-refractivity contribution in [2.24, 2.45) is 0 Å². The smallest absolute Gasteiger partial charge is 0.321 e. The molecule has 0 aliphatic heterocycles. The van der Waals surface area contributed by atoms with Crippen LogP contribution in [-0.4, -0.2) is 30.9 Å². The molecule has 1 heterocycles. The number of urea groups is 1. The zero-order valence-corrected chi connectivity index (χ0v) is 14.4. The van der Waals surface area contributed by atoms with Gasteiger partial charge in [-0.25, -0.2) is 9.18 Å². The number of carbonyl (C=O) groups excluding carboxylic acids is 3. The van der Waals surface area contributed by atoms with E-state index in [2.05, 4.69) is 21.3 Å². The summed E-state index contributed by atoms with van der Waals surface area (Å²) in [6, 6.07) is 4.24. The monoisotopic (exact) mass is 364 g/mol. The number of carbonyl (C=O) groups is 3. The molecule has 1 aromatic carbocycles. The van der Waals surface area contributed by atoms with E-state index in [-0.39, 0.29) is 5.69 Å². The fourth-order valence-electron chi connectivity index (χ4n) is 1.90. The number of amides is 4. The minimum atomic E-state index is -0.747. The van der Waals surface area contributed by atoms with Gasteiger partial charge in [0.05, 0.1) is 11.3 Å². The number of hydrogen-bond donors (Lipinski definition) is 4. The summed E-state index contributed by atoms with van der Waals surface area (Å²) in [5.41, 5.74) is 0.836. The van der Waals surface area contributed by atoms with Gasteiger partial charge in [-0.2, -0.15) is 11.3 Å². The maximum atomic E-state index is 13.9. The second-order valence-corrected chi connectivity index (χ2v) is 5.88. The highest BCUT2D eigenvalue weighted by Gasteiger charge is 2.16. The summed E-state index contributed by atoms with van der Waals surface area (Å²) in [5, 5.41) is 13.1. The van der Waals surface area contributed by atoms with E-state index in [1.165, 1.54) is 36.6 Å². The zero-order chi connectivity index (χ0) is 18.4. The van der Waals surface area contributed by atoms with Crippen LogP contribution >= 0.6 is 11.3 Å². The van der Waals surface area contributed by atoms with Crippen molar-refractivity contribution in [3.05, 3.63) is 46.4 Å². The Morgan fingerprint density at radius 2 is 1.96 bits per heavy atom. The van der Waals surface area contributed by atoms with Crippen LogP contribution in [0.1, 0.15) is 17.3 Å². The average molecular weight is 364 g/mol. The van der Waals surface area contributed by atoms with Crippen molar-refractivity contribution < 1.29 is 18.8 Å². The van der Waals surface area contributed by atoms with Crippen LogP contribution in [-0.2, 0) is 4.79 Å². The van der Waals surface area contributed by atoms with Gasteiger partial charge in [0.1, 0.15) is 11.9 Å². The molecule has 0 saturated carbocycles. The highest BCUT2D eigenvalue weighted by Crippen LogP contribution is 2.21. The molecule has 1 aromatic heterocycles. The first-order valence-corrected chi connectivity index (χ1v) is 8.27. The number of rotatable bonds is 5. The molecule has 25 heavy (non-hydrogen) atoms. The highest BCUT2D eigenvalue weighted by molar-refractivity contribution is 7.08. The van der Waals surface area contributed by atoms with Crippen molar-refractivity contribution in [2.75, 3.05) is 17.7 Å². The van der Waals surface area contributed by atoms with Crippen LogP contribution in [0.25, 0.3) is 0 Å². The summed E-state index contributed by atoms with van der Waals surface area (Å²) in [7, 11) is 1.39. The molecular weight excluding hydrogens is 347 g/mol. The van der Waals surface area contributed by atoms with Crippen LogP contribution in [0.2, 0.25) is 0 Å². The van der Waals surface area contributed by atoms with E-state index in [4.69, 9.17) is 0 Å². The molecule has 0 aliphatic carbocycles. The maximum Gasteiger partial charge on any atom is 0.321 e. The molecule has 7 nitrogen and oxygen atoms in total. The molecule has 1 atom stereocenters. The van der Waals surface area contributed by atoms with Crippen molar-refractivity contribution in [1.82, 2.24) is 10.6 Å². The molecule has 9 heteroatoms. The number of halogens is 1. The van der Waals surface area contributed by atoms with Crippen molar-refractivity contribution in [2.45, 2.75) is 13.0 Å². The standard InChI is InChI=1S/C16H17FN4O3S/c1-9(14(22)21-16(24)18-2)19-11-3-4-12(17)13(7-11)20-15(23)10-5-6-25-8-10/h3-9,19H,1-2H3,(H,20,23)(H2,18,21,22,24)/t9-/m1/s1. The van der Waals surface area contributed by atoms with Crippen molar-refractivity contribution in [1.29, 1.82) is 0 Å². The summed E-state index contributed by atoms with van der Waals surface area (Å²) in [6.07, 6.45) is 0. The summed E-state index contributed by atoms with van der Waals surface area (Å²) in [4.78, 5) is 35.0. The SMILES string of the molecule is CNC(=O)NC(=O)[C@@H](C)Nc1ccc(F)c(NC(=O)c2ccsc2)c1. The Hall–Kier alpha value is -2.94. The predicted octanol–water partition coefficient (Wildman–Crippen LogP) is 2.40. The van der Waals surface area contributed by atoms with Gasteiger partial charge in [-0.15, -0.1) is 0 Å². The predicted molar refractivity (Wildman–Crippen MR) is 94.4 cm³/mol. The minimum Gasteiger partial charge on any atom is -0.374 e. The fraction of sp³-hybridized carbons (Fsp3) is 0.188. The number of benzene rings is 1. The third-order valence-electron chi connectivity index (χ3n) is 3.24. The number of nitrogens with one attached hydrogen (secondary N) is 4. The van der Waals surface area contributed by atoms with E-state index in [1.807, 2.05) is 0 Å². The maximum absolute atomic E-state index is 13.9. The van der Waals surface area contributed by atoms with E-state index in [1.54, 1.807) is 23.8 Å². The molecule has 0 saturated heterocycles. The Labute approximate surface area is 147 Å². The lowest BCUT2D eigenvalue weighted by Gasteiger charge is -2.15. The lowest BCUT2D eigenvalue weighted by atomic mass is 10.2. The normalized spacial score (nSPS) is 11.3. The summed E-state index contributed by atoms with van der Waals surface area (Å²) in [5.74, 6) is -1.58. The van der Waals surface area contributed by atoms with E-state index in [9.17, 15) is 18.8 Å². The molecule has 0 radical (unpaired) electrons. The van der Waals surface area contributed by atoms with Gasteiger partial charge in [0.15, 0.2) is 0 Å². The number of anilines is 2. The molecule has 2 aromatic rings. The van der Waals surface area contributed by atoms with Gasteiger partial charge in [0, 0.05) is 18.1 Å². The van der Waals surface area contributed by atoms with Crippen molar-refractivity contribution in [3.63, 3.8) is 0 Å². The Morgan fingerprint density at radius 3 is 2.60 bits per heavy atom. The summed E-state index contributed by atoms with van der Waals surface area (Å²) in [6.45, 7) is 1.55. The van der Waals surface area contributed by atoms with Crippen LogP contribution in [0.5, 0.6) is 0 Å². The Bertz CT molecular complexity index is 780. The topological polar surface area (TPSA) is 99.3 Å². The minimum absolute atomic E-state index is 0.0138. The Kier molecular flexibility index (Phi) is 6.07. The van der Waals surface area contributed by atoms with Crippen molar-refractivity contribution >= 4 is 40.6 Å². The quantitative estimate of drug-likeness (QED) is 0.655. The first-order chi connectivity index (χ1) is 11.9. The second kappa shape index (κ2) is 8.25. The molecular formula is C16H17FN4O3S. The van der Waals surface area contributed by atoms with Gasteiger partial charge in [-0.3, -0.25) is 14.9 Å². The van der Waals surface area contributed by atoms with Crippen LogP contribution in [0.15, 0.2) is 35.0 Å². The van der Waals surface area contributed by atoms with Crippen LogP contribution in [0.4, 0.5) is 20.6 Å². The zero-order valence-electron chi connectivity index (χ0n) is 13.6. The molecule has 0 spiro atoms. The van der Waals surface area contributed by atoms with E-state index < -0.39 is 29.7 Å². The van der Waals surface area contributed by atoms with Crippen LogP contribution in [0, 0.1) is 5.82 Å². The lowest BCUT2D eigenvalue weighted by Crippen LogP contribution is -2.44. The average Bonchev–Trinajstić information content (AvgIpc) is 3.12. The number of imide groups is 1. The van der Waals surface area contributed by atoms with Gasteiger partial charge in [-0.1, -0.05) is 0 Å². The van der Waals surface area contributed by atoms with Gasteiger partial charge < -0.3 is 16.0 Å². The summed E-state index contributed by atoms with van der Waals surface area (Å²) >= 11 is 1.36. The van der Waals surface area contributed by atoms with Gasteiger partial charge in [0.25, 0.3) is 5.91 Å². The lowest BCUT2D eigenvalue weighted by molar-refractivity contribution is -0.120. The van der Waals surface area contributed by atoms with Crippen LogP contribution in [0.3, 0.4) is 0 Å². The third-order valence-corrected chi connectivity index (χ3v) is 3.92. The van der Waals surface area contributed by atoms with Gasteiger partial charge in [-0.05, 0) is 36.6 Å². The molecule has 132 valence electrons. The number of hydrogen-bond acceptors (Lipinski definition) is 5. The van der Waals surface area contributed by atoms with Crippen molar-refractivity contribution in [3.8, 4) is 0 Å². The first-order valence-electron chi connectivity index (χ1n) is 7.33. The van der Waals surface area contributed by atoms with Gasteiger partial charge >= 0.3 is 6.03 Å². The van der Waals surface area contributed by atoms with E-state index in [0.717, 1.165) is 0 Å². The Balaban J connectivity index is 2.06. The second-order valence-electron chi connectivity index (χ2n) is 5.10. The largest absolute Gasteiger partial charge is 0.374 e. The van der Waals surface area contributed by atoms with Gasteiger partial charge in [0.2, 0.25) is 5.91 Å². The fourth-order valence-corrected chi connectivity index (χ4v) is 2.53. The number of thiophene rings is 1. The molecule has 0 unspecified atom stereocenters.